The molecule has 2 unspecified atom stereocenters. The van der Waals surface area contributed by atoms with Crippen molar-refractivity contribution < 1.29 is 4.74 Å². The second-order valence-corrected chi connectivity index (χ2v) is 5.13. The van der Waals surface area contributed by atoms with Gasteiger partial charge in [-0.2, -0.15) is 0 Å². The average molecular weight is 333 g/mol. The van der Waals surface area contributed by atoms with E-state index in [1.807, 2.05) is 6.20 Å². The van der Waals surface area contributed by atoms with Crippen molar-refractivity contribution in [3.05, 3.63) is 15.6 Å². The average Bonchev–Trinajstić information content (AvgIpc) is 2.69. The quantitative estimate of drug-likeness (QED) is 0.864. The van der Waals surface area contributed by atoms with Crippen LogP contribution in [-0.2, 0) is 4.74 Å². The van der Waals surface area contributed by atoms with Crippen molar-refractivity contribution in [3.63, 3.8) is 0 Å². The van der Waals surface area contributed by atoms with Gasteiger partial charge in [0.2, 0.25) is 0 Å². The SMILES string of the molecule is CCNc1nc(C2CCC(C)O2)ncc1I. The van der Waals surface area contributed by atoms with Gasteiger partial charge in [0, 0.05) is 12.7 Å². The van der Waals surface area contributed by atoms with E-state index in [1.165, 1.54) is 0 Å². The second-order valence-electron chi connectivity index (χ2n) is 3.97. The van der Waals surface area contributed by atoms with E-state index < -0.39 is 0 Å². The summed E-state index contributed by atoms with van der Waals surface area (Å²) in [4.78, 5) is 8.88. The summed E-state index contributed by atoms with van der Waals surface area (Å²) in [5.41, 5.74) is 0. The Kier molecular flexibility index (Phi) is 3.96. The normalized spacial score (nSPS) is 24.7. The minimum Gasteiger partial charge on any atom is -0.369 e. The Labute approximate surface area is 109 Å². The maximum Gasteiger partial charge on any atom is 0.159 e. The van der Waals surface area contributed by atoms with Gasteiger partial charge in [-0.25, -0.2) is 9.97 Å². The first-order chi connectivity index (χ1) is 7.70. The molecule has 2 atom stereocenters. The summed E-state index contributed by atoms with van der Waals surface area (Å²) in [5.74, 6) is 1.72. The molecule has 1 aliphatic rings. The number of nitrogens with one attached hydrogen (secondary N) is 1. The Hall–Kier alpha value is -0.430. The maximum absolute atomic E-state index is 5.77. The summed E-state index contributed by atoms with van der Waals surface area (Å²) in [6.07, 6.45) is 4.37. The third kappa shape index (κ3) is 2.63. The predicted octanol–water partition coefficient (Wildman–Crippen LogP) is 2.75. The van der Waals surface area contributed by atoms with Crippen LogP contribution in [0, 0.1) is 3.57 Å². The van der Waals surface area contributed by atoms with Crippen molar-refractivity contribution in [1.29, 1.82) is 0 Å². The van der Waals surface area contributed by atoms with Crippen LogP contribution in [-0.4, -0.2) is 22.6 Å². The highest BCUT2D eigenvalue weighted by Gasteiger charge is 2.26. The van der Waals surface area contributed by atoms with Crippen LogP contribution in [0.1, 0.15) is 38.6 Å². The molecule has 1 aliphatic heterocycles. The van der Waals surface area contributed by atoms with Gasteiger partial charge in [-0.3, -0.25) is 0 Å². The fraction of sp³-hybridized carbons (Fsp3) is 0.636. The molecule has 0 radical (unpaired) electrons. The number of halogens is 1. The molecule has 0 aromatic carbocycles. The van der Waals surface area contributed by atoms with Crippen molar-refractivity contribution in [2.45, 2.75) is 38.9 Å². The molecule has 1 N–H and O–H groups in total. The molecule has 1 saturated heterocycles. The number of nitrogens with zero attached hydrogens (tertiary/aromatic N) is 2. The molecule has 2 heterocycles. The molecule has 5 heteroatoms. The maximum atomic E-state index is 5.77. The Bertz CT molecular complexity index is 372. The first kappa shape index (κ1) is 12.0. The van der Waals surface area contributed by atoms with Gasteiger partial charge < -0.3 is 10.1 Å². The number of hydrogen-bond donors (Lipinski definition) is 1. The van der Waals surface area contributed by atoms with Crippen LogP contribution >= 0.6 is 22.6 Å². The van der Waals surface area contributed by atoms with Crippen molar-refractivity contribution in [2.75, 3.05) is 11.9 Å². The van der Waals surface area contributed by atoms with E-state index in [9.17, 15) is 0 Å². The molecular weight excluding hydrogens is 317 g/mol. The summed E-state index contributed by atoms with van der Waals surface area (Å²) in [6, 6.07) is 0. The topological polar surface area (TPSA) is 47.0 Å². The van der Waals surface area contributed by atoms with Crippen LogP contribution in [0.15, 0.2) is 6.20 Å². The van der Waals surface area contributed by atoms with E-state index in [-0.39, 0.29) is 6.10 Å². The monoisotopic (exact) mass is 333 g/mol. The van der Waals surface area contributed by atoms with Gasteiger partial charge in [-0.05, 0) is 49.3 Å². The summed E-state index contributed by atoms with van der Waals surface area (Å²) in [5, 5.41) is 3.24. The number of rotatable bonds is 3. The molecular formula is C11H16IN3O. The van der Waals surface area contributed by atoms with Crippen LogP contribution in [0.5, 0.6) is 0 Å². The summed E-state index contributed by atoms with van der Waals surface area (Å²) in [7, 11) is 0. The van der Waals surface area contributed by atoms with Gasteiger partial charge in [0.25, 0.3) is 0 Å². The van der Waals surface area contributed by atoms with Gasteiger partial charge >= 0.3 is 0 Å². The van der Waals surface area contributed by atoms with Crippen molar-refractivity contribution in [3.8, 4) is 0 Å². The molecule has 0 aliphatic carbocycles. The zero-order valence-corrected chi connectivity index (χ0v) is 11.7. The van der Waals surface area contributed by atoms with Crippen molar-refractivity contribution >= 4 is 28.4 Å². The van der Waals surface area contributed by atoms with Crippen LogP contribution in [0.3, 0.4) is 0 Å². The largest absolute Gasteiger partial charge is 0.369 e. The number of ether oxygens (including phenoxy) is 1. The van der Waals surface area contributed by atoms with E-state index in [0.717, 1.165) is 34.6 Å². The highest BCUT2D eigenvalue weighted by Crippen LogP contribution is 2.31. The van der Waals surface area contributed by atoms with Crippen LogP contribution in [0.4, 0.5) is 5.82 Å². The first-order valence-corrected chi connectivity index (χ1v) is 6.70. The number of anilines is 1. The lowest BCUT2D eigenvalue weighted by molar-refractivity contribution is 0.0503. The van der Waals surface area contributed by atoms with Crippen LogP contribution in [0.25, 0.3) is 0 Å². The summed E-state index contributed by atoms with van der Waals surface area (Å²) < 4.78 is 6.82. The molecule has 88 valence electrons. The highest BCUT2D eigenvalue weighted by molar-refractivity contribution is 14.1. The van der Waals surface area contributed by atoms with E-state index in [4.69, 9.17) is 4.74 Å². The van der Waals surface area contributed by atoms with Crippen molar-refractivity contribution in [1.82, 2.24) is 9.97 Å². The van der Waals surface area contributed by atoms with E-state index in [1.54, 1.807) is 0 Å². The molecule has 1 aromatic heterocycles. The Morgan fingerprint density at radius 2 is 2.38 bits per heavy atom. The number of hydrogen-bond acceptors (Lipinski definition) is 4. The standard InChI is InChI=1S/C11H16IN3O/c1-3-13-10-8(12)6-14-11(15-10)9-5-4-7(2)16-9/h6-7,9H,3-5H2,1-2H3,(H,13,14,15). The third-order valence-electron chi connectivity index (χ3n) is 2.63. The third-order valence-corrected chi connectivity index (χ3v) is 3.42. The minimum atomic E-state index is 0.0735. The van der Waals surface area contributed by atoms with E-state index in [0.29, 0.717) is 6.10 Å². The molecule has 0 bridgehead atoms. The molecule has 0 saturated carbocycles. The lowest BCUT2D eigenvalue weighted by Crippen LogP contribution is -2.09. The van der Waals surface area contributed by atoms with Gasteiger partial charge in [-0.15, -0.1) is 0 Å². The molecule has 1 aromatic rings. The lowest BCUT2D eigenvalue weighted by atomic mass is 10.2. The fourth-order valence-electron chi connectivity index (χ4n) is 1.82. The van der Waals surface area contributed by atoms with E-state index >= 15 is 0 Å². The highest BCUT2D eigenvalue weighted by atomic mass is 127. The second kappa shape index (κ2) is 5.27. The zero-order valence-electron chi connectivity index (χ0n) is 9.53. The molecule has 2 rings (SSSR count). The predicted molar refractivity (Wildman–Crippen MR) is 71.4 cm³/mol. The summed E-state index contributed by atoms with van der Waals surface area (Å²) >= 11 is 2.24. The smallest absolute Gasteiger partial charge is 0.159 e. The van der Waals surface area contributed by atoms with Gasteiger partial charge in [0.1, 0.15) is 11.9 Å². The van der Waals surface area contributed by atoms with Crippen LogP contribution < -0.4 is 5.32 Å². The van der Waals surface area contributed by atoms with Gasteiger partial charge in [0.05, 0.1) is 9.67 Å². The minimum absolute atomic E-state index is 0.0735. The Morgan fingerprint density at radius 3 is 3.00 bits per heavy atom. The number of aromatic nitrogens is 2. The van der Waals surface area contributed by atoms with E-state index in [2.05, 4.69) is 51.7 Å². The van der Waals surface area contributed by atoms with Crippen LogP contribution in [0.2, 0.25) is 0 Å². The zero-order chi connectivity index (χ0) is 11.5. The molecule has 0 amide bonds. The Balaban J connectivity index is 2.18. The van der Waals surface area contributed by atoms with Gasteiger partial charge in [-0.1, -0.05) is 0 Å². The fourth-order valence-corrected chi connectivity index (χ4v) is 2.27. The molecule has 4 nitrogen and oxygen atoms in total. The first-order valence-electron chi connectivity index (χ1n) is 5.62. The molecule has 0 spiro atoms. The molecule has 16 heavy (non-hydrogen) atoms. The summed E-state index contributed by atoms with van der Waals surface area (Å²) in [6.45, 7) is 5.03. The van der Waals surface area contributed by atoms with Crippen molar-refractivity contribution in [2.24, 2.45) is 0 Å². The molecule has 1 fully saturated rings. The lowest BCUT2D eigenvalue weighted by Gasteiger charge is -2.12. The van der Waals surface area contributed by atoms with Gasteiger partial charge in [0.15, 0.2) is 5.82 Å². The Morgan fingerprint density at radius 1 is 1.56 bits per heavy atom.